The molecule has 156 valence electrons. The van der Waals surface area contributed by atoms with Crippen molar-refractivity contribution in [1.82, 2.24) is 10.3 Å². The van der Waals surface area contributed by atoms with E-state index in [9.17, 15) is 4.79 Å². The van der Waals surface area contributed by atoms with Gasteiger partial charge in [0.05, 0.1) is 40.5 Å². The minimum atomic E-state index is -0.567. The number of carbonyl (C=O) groups is 1. The lowest BCUT2D eigenvalue weighted by Crippen LogP contribution is -2.30. The smallest absolute Gasteiger partial charge is 0.252 e. The van der Waals surface area contributed by atoms with Gasteiger partial charge in [-0.15, -0.1) is 0 Å². The van der Waals surface area contributed by atoms with Crippen molar-refractivity contribution in [3.8, 4) is 11.5 Å². The fourth-order valence-electron chi connectivity index (χ4n) is 2.88. The molecule has 2 aromatic carbocycles. The highest BCUT2D eigenvalue weighted by molar-refractivity contribution is 6.42. The Labute approximate surface area is 189 Å². The molecule has 0 saturated carbocycles. The summed E-state index contributed by atoms with van der Waals surface area (Å²) in [6.45, 7) is 2.31. The standard InChI is InChI=1S/C22H19Cl3N2O3/c1-3-30-20-11-14(5-9-19(20)29-2)22(28)27-21(18-8-6-15(23)12-26-18)13-4-7-16(24)17(25)10-13/h4-12,21H,3H2,1-2H3,(H,27,28)/t21-/m0/s1. The highest BCUT2D eigenvalue weighted by Crippen LogP contribution is 2.31. The van der Waals surface area contributed by atoms with E-state index in [1.165, 1.54) is 6.20 Å². The first-order valence-electron chi connectivity index (χ1n) is 9.11. The van der Waals surface area contributed by atoms with Crippen LogP contribution in [0, 0.1) is 0 Å². The Morgan fingerprint density at radius 1 is 1.03 bits per heavy atom. The summed E-state index contributed by atoms with van der Waals surface area (Å²) in [5.74, 6) is 0.726. The average molecular weight is 466 g/mol. The summed E-state index contributed by atoms with van der Waals surface area (Å²) in [6, 6.07) is 13.0. The van der Waals surface area contributed by atoms with Gasteiger partial charge < -0.3 is 14.8 Å². The average Bonchev–Trinajstić information content (AvgIpc) is 2.75. The van der Waals surface area contributed by atoms with Crippen molar-refractivity contribution in [2.75, 3.05) is 13.7 Å². The van der Waals surface area contributed by atoms with Gasteiger partial charge in [-0.1, -0.05) is 40.9 Å². The third-order valence-corrected chi connectivity index (χ3v) is 5.29. The van der Waals surface area contributed by atoms with Crippen molar-refractivity contribution in [3.05, 3.63) is 86.6 Å². The topological polar surface area (TPSA) is 60.5 Å². The number of benzene rings is 2. The molecule has 3 rings (SSSR count). The maximum atomic E-state index is 13.1. The number of amides is 1. The zero-order chi connectivity index (χ0) is 21.7. The summed E-state index contributed by atoms with van der Waals surface area (Å²) in [5.41, 5.74) is 1.74. The van der Waals surface area contributed by atoms with Crippen LogP contribution in [0.15, 0.2) is 54.7 Å². The lowest BCUT2D eigenvalue weighted by molar-refractivity contribution is 0.0941. The molecule has 3 aromatic rings. The number of rotatable bonds is 7. The van der Waals surface area contributed by atoms with Crippen LogP contribution in [0.4, 0.5) is 0 Å². The molecule has 30 heavy (non-hydrogen) atoms. The monoisotopic (exact) mass is 464 g/mol. The molecule has 0 unspecified atom stereocenters. The molecule has 0 aliphatic rings. The van der Waals surface area contributed by atoms with Crippen molar-refractivity contribution in [1.29, 1.82) is 0 Å². The van der Waals surface area contributed by atoms with Crippen LogP contribution < -0.4 is 14.8 Å². The lowest BCUT2D eigenvalue weighted by atomic mass is 10.0. The molecule has 0 radical (unpaired) electrons. The number of nitrogens with zero attached hydrogens (tertiary/aromatic N) is 1. The van der Waals surface area contributed by atoms with Crippen molar-refractivity contribution in [2.45, 2.75) is 13.0 Å². The number of aromatic nitrogens is 1. The van der Waals surface area contributed by atoms with Gasteiger partial charge in [0.25, 0.3) is 5.91 Å². The molecule has 0 fully saturated rings. The molecule has 0 spiro atoms. The fraction of sp³-hybridized carbons (Fsp3) is 0.182. The Hall–Kier alpha value is -2.47. The Kier molecular flexibility index (Phi) is 7.43. The van der Waals surface area contributed by atoms with E-state index in [1.807, 2.05) is 6.92 Å². The Bertz CT molecular complexity index is 1040. The van der Waals surface area contributed by atoms with Crippen molar-refractivity contribution < 1.29 is 14.3 Å². The number of hydrogen-bond acceptors (Lipinski definition) is 4. The van der Waals surface area contributed by atoms with Crippen LogP contribution in [0.2, 0.25) is 15.1 Å². The molecule has 1 atom stereocenters. The first kappa shape index (κ1) is 22.2. The molecular weight excluding hydrogens is 447 g/mol. The summed E-state index contributed by atoms with van der Waals surface area (Å²) >= 11 is 18.2. The molecule has 8 heteroatoms. The van der Waals surface area contributed by atoms with Crippen LogP contribution in [0.25, 0.3) is 0 Å². The Morgan fingerprint density at radius 2 is 1.83 bits per heavy atom. The second-order valence-corrected chi connectivity index (χ2v) is 7.53. The van der Waals surface area contributed by atoms with E-state index in [2.05, 4.69) is 10.3 Å². The predicted molar refractivity (Wildman–Crippen MR) is 119 cm³/mol. The zero-order valence-corrected chi connectivity index (χ0v) is 18.6. The number of ether oxygens (including phenoxy) is 2. The van der Waals surface area contributed by atoms with Gasteiger partial charge in [-0.3, -0.25) is 9.78 Å². The first-order chi connectivity index (χ1) is 14.4. The van der Waals surface area contributed by atoms with E-state index in [-0.39, 0.29) is 5.91 Å². The van der Waals surface area contributed by atoms with Crippen molar-refractivity contribution in [2.24, 2.45) is 0 Å². The SMILES string of the molecule is CCOc1cc(C(=O)N[C@@H](c2ccc(Cl)c(Cl)c2)c2ccc(Cl)cn2)ccc1OC. The number of halogens is 3. The largest absolute Gasteiger partial charge is 0.493 e. The minimum Gasteiger partial charge on any atom is -0.493 e. The van der Waals surface area contributed by atoms with Gasteiger partial charge in [-0.2, -0.15) is 0 Å². The molecule has 1 aromatic heterocycles. The van der Waals surface area contributed by atoms with Gasteiger partial charge in [-0.05, 0) is 55.0 Å². The van der Waals surface area contributed by atoms with E-state index < -0.39 is 6.04 Å². The first-order valence-corrected chi connectivity index (χ1v) is 10.2. The van der Waals surface area contributed by atoms with Gasteiger partial charge in [0.15, 0.2) is 11.5 Å². The highest BCUT2D eigenvalue weighted by Gasteiger charge is 2.21. The zero-order valence-electron chi connectivity index (χ0n) is 16.3. The summed E-state index contributed by atoms with van der Waals surface area (Å²) in [6.07, 6.45) is 1.52. The Balaban J connectivity index is 1.96. The Morgan fingerprint density at radius 3 is 2.47 bits per heavy atom. The fourth-order valence-corrected chi connectivity index (χ4v) is 3.30. The third kappa shape index (κ3) is 5.17. The van der Waals surface area contributed by atoms with E-state index in [0.717, 1.165) is 5.56 Å². The van der Waals surface area contributed by atoms with Gasteiger partial charge in [0, 0.05) is 11.8 Å². The minimum absolute atomic E-state index is 0.313. The van der Waals surface area contributed by atoms with Gasteiger partial charge >= 0.3 is 0 Å². The molecule has 1 heterocycles. The lowest BCUT2D eigenvalue weighted by Gasteiger charge is -2.20. The molecule has 1 N–H and O–H groups in total. The van der Waals surface area contributed by atoms with Gasteiger partial charge in [-0.25, -0.2) is 0 Å². The number of hydrogen-bond donors (Lipinski definition) is 1. The number of carbonyl (C=O) groups excluding carboxylic acids is 1. The van der Waals surface area contributed by atoms with Crippen LogP contribution in [0.3, 0.4) is 0 Å². The van der Waals surface area contributed by atoms with Crippen LogP contribution in [0.1, 0.15) is 34.6 Å². The molecule has 1 amide bonds. The predicted octanol–water partition coefficient (Wildman–Crippen LogP) is 5.97. The van der Waals surface area contributed by atoms with Gasteiger partial charge in [0.2, 0.25) is 0 Å². The third-order valence-electron chi connectivity index (χ3n) is 4.32. The summed E-state index contributed by atoms with van der Waals surface area (Å²) in [4.78, 5) is 17.4. The molecular formula is C22H19Cl3N2O3. The summed E-state index contributed by atoms with van der Waals surface area (Å²) < 4.78 is 10.9. The summed E-state index contributed by atoms with van der Waals surface area (Å²) in [5, 5.41) is 4.29. The molecule has 0 aliphatic carbocycles. The number of nitrogens with one attached hydrogen (secondary N) is 1. The van der Waals surface area contributed by atoms with E-state index in [1.54, 1.807) is 55.6 Å². The van der Waals surface area contributed by atoms with Crippen LogP contribution in [0.5, 0.6) is 11.5 Å². The van der Waals surface area contributed by atoms with Crippen LogP contribution >= 0.6 is 34.8 Å². The quantitative estimate of drug-likeness (QED) is 0.467. The van der Waals surface area contributed by atoms with E-state index in [4.69, 9.17) is 44.3 Å². The van der Waals surface area contributed by atoms with E-state index in [0.29, 0.717) is 44.4 Å². The van der Waals surface area contributed by atoms with E-state index >= 15 is 0 Å². The number of methoxy groups -OCH3 is 1. The molecule has 0 bridgehead atoms. The molecule has 0 saturated heterocycles. The van der Waals surface area contributed by atoms with Gasteiger partial charge in [0.1, 0.15) is 0 Å². The maximum absolute atomic E-state index is 13.1. The second kappa shape index (κ2) is 10.0. The number of pyridine rings is 1. The van der Waals surface area contributed by atoms with Crippen LogP contribution in [-0.2, 0) is 0 Å². The molecule has 0 aliphatic heterocycles. The maximum Gasteiger partial charge on any atom is 0.252 e. The molecule has 5 nitrogen and oxygen atoms in total. The highest BCUT2D eigenvalue weighted by atomic mass is 35.5. The second-order valence-electron chi connectivity index (χ2n) is 6.28. The normalized spacial score (nSPS) is 11.6. The van der Waals surface area contributed by atoms with Crippen LogP contribution in [-0.4, -0.2) is 24.6 Å². The van der Waals surface area contributed by atoms with Crippen molar-refractivity contribution >= 4 is 40.7 Å². The van der Waals surface area contributed by atoms with Crippen molar-refractivity contribution in [3.63, 3.8) is 0 Å². The summed E-state index contributed by atoms with van der Waals surface area (Å²) in [7, 11) is 1.55.